The highest BCUT2D eigenvalue weighted by atomic mass is 28.3. The summed E-state index contributed by atoms with van der Waals surface area (Å²) in [5.74, 6) is 1.69. The monoisotopic (exact) mass is 740 g/mol. The van der Waals surface area contributed by atoms with Gasteiger partial charge >= 0.3 is 0 Å². The van der Waals surface area contributed by atoms with Crippen molar-refractivity contribution < 1.29 is 4.42 Å². The summed E-state index contributed by atoms with van der Waals surface area (Å²) < 4.78 is 6.42. The van der Waals surface area contributed by atoms with Crippen molar-refractivity contribution in [2.24, 2.45) is 0 Å². The Balaban J connectivity index is 1.04. The van der Waals surface area contributed by atoms with Gasteiger partial charge in [-0.05, 0) is 69.3 Å². The summed E-state index contributed by atoms with van der Waals surface area (Å²) in [4.78, 5) is 19.9. The summed E-state index contributed by atoms with van der Waals surface area (Å²) in [6.45, 7) is 11.9. The molecular weight excluding hydrogens is 701 g/mol. The van der Waals surface area contributed by atoms with Gasteiger partial charge in [0.2, 0.25) is 0 Å². The molecule has 0 aliphatic heterocycles. The van der Waals surface area contributed by atoms with Gasteiger partial charge in [0.1, 0.15) is 11.2 Å². The molecule has 0 radical (unpaired) electrons. The fraction of sp³-hybridized carbons (Fsp3) is 0.120. The maximum atomic E-state index is 6.42. The summed E-state index contributed by atoms with van der Waals surface area (Å²) in [6, 6.07) is 49.5. The van der Waals surface area contributed by atoms with Crippen molar-refractivity contribution in [1.29, 1.82) is 0 Å². The molecule has 0 N–H and O–H groups in total. The van der Waals surface area contributed by atoms with Crippen LogP contribution in [0.2, 0.25) is 19.6 Å². The fourth-order valence-electron chi connectivity index (χ4n) is 8.24. The van der Waals surface area contributed by atoms with Crippen molar-refractivity contribution in [1.82, 2.24) is 19.9 Å². The minimum Gasteiger partial charge on any atom is -0.455 e. The van der Waals surface area contributed by atoms with Gasteiger partial charge in [0.05, 0.1) is 13.6 Å². The number of nitrogens with zero attached hydrogens (tertiary/aromatic N) is 4. The van der Waals surface area contributed by atoms with Gasteiger partial charge in [0, 0.05) is 45.3 Å². The second kappa shape index (κ2) is 12.8. The number of para-hydroxylation sites is 2. The molecule has 0 fully saturated rings. The lowest BCUT2D eigenvalue weighted by Crippen LogP contribution is -2.37. The van der Waals surface area contributed by atoms with E-state index in [2.05, 4.69) is 112 Å². The lowest BCUT2D eigenvalue weighted by Gasteiger charge is -2.23. The molecular formula is C50H40N4OSi. The standard InChI is InChI=1S/C50H40N4OSi/c1-50(2)43-27-33(31-18-22-37(23-19-31)56(3,4)5)20-24-38(43)39-25-21-34(28-44(39)50)35-26-36(30-51-29-35)48-52-47(32-12-7-6-8-13-32)53-49(54-48)42-16-11-15-41-40-14-9-10-17-45(40)55-46(41)42/h6-30H,1-5H3. The number of benzene rings is 6. The molecule has 3 aromatic heterocycles. The van der Waals surface area contributed by atoms with Crippen molar-refractivity contribution >= 4 is 35.2 Å². The van der Waals surface area contributed by atoms with Gasteiger partial charge in [-0.1, -0.05) is 148 Å². The van der Waals surface area contributed by atoms with E-state index in [9.17, 15) is 0 Å². The summed E-state index contributed by atoms with van der Waals surface area (Å²) in [7, 11) is -1.36. The van der Waals surface area contributed by atoms with E-state index in [4.69, 9.17) is 24.4 Å². The van der Waals surface area contributed by atoms with Crippen LogP contribution in [0, 0.1) is 0 Å². The molecule has 1 aliphatic rings. The Hall–Kier alpha value is -6.50. The third-order valence-electron chi connectivity index (χ3n) is 11.4. The third-order valence-corrected chi connectivity index (χ3v) is 13.5. The van der Waals surface area contributed by atoms with Crippen LogP contribution in [0.5, 0.6) is 0 Å². The number of pyridine rings is 1. The lowest BCUT2D eigenvalue weighted by atomic mass is 9.81. The summed E-state index contributed by atoms with van der Waals surface area (Å²) >= 11 is 0. The average molecular weight is 741 g/mol. The number of hydrogen-bond donors (Lipinski definition) is 0. The molecule has 3 heterocycles. The molecule has 0 saturated heterocycles. The number of hydrogen-bond acceptors (Lipinski definition) is 5. The number of rotatable bonds is 6. The Labute approximate surface area is 327 Å². The van der Waals surface area contributed by atoms with Crippen LogP contribution in [-0.4, -0.2) is 28.0 Å². The minimum atomic E-state index is -1.36. The molecule has 0 unspecified atom stereocenters. The maximum Gasteiger partial charge on any atom is 0.167 e. The van der Waals surface area contributed by atoms with Crippen molar-refractivity contribution in [2.75, 3.05) is 0 Å². The third kappa shape index (κ3) is 5.68. The van der Waals surface area contributed by atoms with Gasteiger partial charge in [0.25, 0.3) is 0 Å². The zero-order valence-corrected chi connectivity index (χ0v) is 33.1. The smallest absolute Gasteiger partial charge is 0.167 e. The van der Waals surface area contributed by atoms with Crippen LogP contribution in [0.3, 0.4) is 0 Å². The highest BCUT2D eigenvalue weighted by molar-refractivity contribution is 6.88. The quantitative estimate of drug-likeness (QED) is 0.159. The van der Waals surface area contributed by atoms with E-state index in [1.54, 1.807) is 0 Å². The zero-order chi connectivity index (χ0) is 38.2. The molecule has 6 heteroatoms. The van der Waals surface area contributed by atoms with E-state index in [1.807, 2.05) is 73.1 Å². The topological polar surface area (TPSA) is 64.7 Å². The van der Waals surface area contributed by atoms with Gasteiger partial charge in [-0.3, -0.25) is 4.98 Å². The van der Waals surface area contributed by atoms with Gasteiger partial charge in [-0.25, -0.2) is 15.0 Å². The molecule has 6 aromatic carbocycles. The van der Waals surface area contributed by atoms with Gasteiger partial charge in [0.15, 0.2) is 17.5 Å². The maximum absolute atomic E-state index is 6.42. The molecule has 0 atom stereocenters. The molecule has 270 valence electrons. The Kier molecular flexibility index (Phi) is 7.77. The van der Waals surface area contributed by atoms with Crippen molar-refractivity contribution in [3.63, 3.8) is 0 Å². The largest absolute Gasteiger partial charge is 0.455 e. The van der Waals surface area contributed by atoms with Gasteiger partial charge in [-0.15, -0.1) is 0 Å². The van der Waals surface area contributed by atoms with E-state index in [1.165, 1.54) is 38.6 Å². The van der Waals surface area contributed by atoms with E-state index < -0.39 is 8.07 Å². The Bertz CT molecular complexity index is 2980. The van der Waals surface area contributed by atoms with Crippen LogP contribution in [0.25, 0.3) is 89.5 Å². The highest BCUT2D eigenvalue weighted by Gasteiger charge is 2.36. The number of furan rings is 1. The van der Waals surface area contributed by atoms with E-state index >= 15 is 0 Å². The predicted octanol–water partition coefficient (Wildman–Crippen LogP) is 12.4. The molecule has 5 nitrogen and oxygen atoms in total. The minimum absolute atomic E-state index is 0.175. The first kappa shape index (κ1) is 34.0. The fourth-order valence-corrected chi connectivity index (χ4v) is 9.41. The molecule has 0 amide bonds. The summed E-state index contributed by atoms with van der Waals surface area (Å²) in [5, 5.41) is 3.57. The highest BCUT2D eigenvalue weighted by Crippen LogP contribution is 2.50. The second-order valence-electron chi connectivity index (χ2n) is 16.4. The van der Waals surface area contributed by atoms with Crippen LogP contribution in [-0.2, 0) is 5.41 Å². The average Bonchev–Trinajstić information content (AvgIpc) is 3.72. The molecule has 0 spiro atoms. The number of aromatic nitrogens is 4. The lowest BCUT2D eigenvalue weighted by molar-refractivity contribution is 0.661. The second-order valence-corrected chi connectivity index (χ2v) is 21.5. The molecule has 0 saturated carbocycles. The van der Waals surface area contributed by atoms with Crippen molar-refractivity contribution in [3.05, 3.63) is 163 Å². The van der Waals surface area contributed by atoms with Crippen molar-refractivity contribution in [2.45, 2.75) is 38.9 Å². The summed E-state index contributed by atoms with van der Waals surface area (Å²) in [6.07, 6.45) is 3.77. The SMILES string of the molecule is CC1(C)c2cc(-c3ccc([Si](C)(C)C)cc3)ccc2-c2ccc(-c3cncc(-c4nc(-c5ccccc5)nc(-c5cccc6c5oc5ccccc56)n4)c3)cc21. The first-order valence-electron chi connectivity index (χ1n) is 19.2. The Morgan fingerprint density at radius 3 is 1.77 bits per heavy atom. The first-order valence-corrected chi connectivity index (χ1v) is 22.7. The Morgan fingerprint density at radius 2 is 1.05 bits per heavy atom. The zero-order valence-electron chi connectivity index (χ0n) is 32.1. The normalized spacial score (nSPS) is 13.2. The van der Waals surface area contributed by atoms with Gasteiger partial charge in [-0.2, -0.15) is 0 Å². The van der Waals surface area contributed by atoms with Crippen LogP contribution < -0.4 is 5.19 Å². The van der Waals surface area contributed by atoms with E-state index in [-0.39, 0.29) is 5.41 Å². The molecule has 0 bridgehead atoms. The molecule has 10 rings (SSSR count). The summed E-state index contributed by atoms with van der Waals surface area (Å²) in [5.41, 5.74) is 13.8. The predicted molar refractivity (Wildman–Crippen MR) is 233 cm³/mol. The van der Waals surface area contributed by atoms with Crippen LogP contribution >= 0.6 is 0 Å². The Morgan fingerprint density at radius 1 is 0.464 bits per heavy atom. The van der Waals surface area contributed by atoms with Gasteiger partial charge < -0.3 is 4.42 Å². The van der Waals surface area contributed by atoms with Crippen molar-refractivity contribution in [3.8, 4) is 67.5 Å². The number of fused-ring (bicyclic) bond motifs is 6. The van der Waals surface area contributed by atoms with Crippen LogP contribution in [0.1, 0.15) is 25.0 Å². The van der Waals surface area contributed by atoms with E-state index in [0.717, 1.165) is 49.8 Å². The van der Waals surface area contributed by atoms with Crippen LogP contribution in [0.15, 0.2) is 156 Å². The molecule has 56 heavy (non-hydrogen) atoms. The van der Waals surface area contributed by atoms with Crippen LogP contribution in [0.4, 0.5) is 0 Å². The first-order chi connectivity index (χ1) is 27.1. The van der Waals surface area contributed by atoms with E-state index in [0.29, 0.717) is 17.5 Å². The molecule has 1 aliphatic carbocycles. The molecule has 9 aromatic rings.